The van der Waals surface area contributed by atoms with Crippen molar-refractivity contribution in [3.8, 4) is 0 Å². The van der Waals surface area contributed by atoms with Gasteiger partial charge in [0.1, 0.15) is 0 Å². The first-order chi connectivity index (χ1) is 10.7. The van der Waals surface area contributed by atoms with Crippen molar-refractivity contribution in [1.29, 1.82) is 0 Å². The van der Waals surface area contributed by atoms with Crippen molar-refractivity contribution in [3.63, 3.8) is 0 Å². The Morgan fingerprint density at radius 2 is 1.95 bits per heavy atom. The summed E-state index contributed by atoms with van der Waals surface area (Å²) in [5.74, 6) is 0.856. The molecule has 4 nitrogen and oxygen atoms in total. The molecule has 1 heterocycles. The Hall–Kier alpha value is -1.39. The Labute approximate surface area is 133 Å². The van der Waals surface area contributed by atoms with Gasteiger partial charge in [0.15, 0.2) is 0 Å². The van der Waals surface area contributed by atoms with E-state index in [0.29, 0.717) is 13.2 Å². The summed E-state index contributed by atoms with van der Waals surface area (Å²) in [4.78, 5) is 14.5. The van der Waals surface area contributed by atoms with Crippen LogP contribution in [0.15, 0.2) is 24.3 Å². The molecule has 1 amide bonds. The lowest BCUT2D eigenvalue weighted by Crippen LogP contribution is -2.32. The highest BCUT2D eigenvalue weighted by molar-refractivity contribution is 5.94. The largest absolute Gasteiger partial charge is 0.385 e. The van der Waals surface area contributed by atoms with Crippen molar-refractivity contribution in [2.45, 2.75) is 32.7 Å². The molecule has 0 unspecified atom stereocenters. The minimum Gasteiger partial charge on any atom is -0.385 e. The number of likely N-dealkylation sites (tertiary alicyclic amines) is 1. The van der Waals surface area contributed by atoms with Crippen LogP contribution in [0.4, 0.5) is 0 Å². The van der Waals surface area contributed by atoms with E-state index in [1.54, 1.807) is 7.11 Å². The van der Waals surface area contributed by atoms with E-state index in [1.807, 2.05) is 12.1 Å². The molecular weight excluding hydrogens is 276 g/mol. The first-order valence-electron chi connectivity index (χ1n) is 8.27. The Morgan fingerprint density at radius 3 is 2.59 bits per heavy atom. The van der Waals surface area contributed by atoms with Crippen LogP contribution in [0.2, 0.25) is 0 Å². The summed E-state index contributed by atoms with van der Waals surface area (Å²) >= 11 is 0. The second-order valence-electron chi connectivity index (χ2n) is 6.26. The smallest absolute Gasteiger partial charge is 0.251 e. The summed E-state index contributed by atoms with van der Waals surface area (Å²) in [6.45, 7) is 7.01. The summed E-state index contributed by atoms with van der Waals surface area (Å²) in [7, 11) is 1.67. The van der Waals surface area contributed by atoms with Crippen LogP contribution in [0, 0.1) is 5.92 Å². The highest BCUT2D eigenvalue weighted by Crippen LogP contribution is 2.18. The van der Waals surface area contributed by atoms with E-state index in [0.717, 1.165) is 24.4 Å². The molecule has 2 rings (SSSR count). The normalized spacial score (nSPS) is 16.6. The lowest BCUT2D eigenvalue weighted by Gasteiger charge is -2.30. The topological polar surface area (TPSA) is 41.6 Å². The third-order valence-electron chi connectivity index (χ3n) is 4.31. The molecule has 1 saturated heterocycles. The van der Waals surface area contributed by atoms with E-state index >= 15 is 0 Å². The number of amides is 1. The molecule has 4 heteroatoms. The summed E-state index contributed by atoms with van der Waals surface area (Å²) in [6, 6.07) is 7.99. The summed E-state index contributed by atoms with van der Waals surface area (Å²) in [5, 5.41) is 2.91. The van der Waals surface area contributed by atoms with Gasteiger partial charge in [-0.1, -0.05) is 19.1 Å². The van der Waals surface area contributed by atoms with Crippen molar-refractivity contribution in [3.05, 3.63) is 35.4 Å². The van der Waals surface area contributed by atoms with Crippen LogP contribution in [0.5, 0.6) is 0 Å². The Balaban J connectivity index is 1.78. The van der Waals surface area contributed by atoms with E-state index in [9.17, 15) is 4.79 Å². The average Bonchev–Trinajstić information content (AvgIpc) is 2.54. The zero-order valence-electron chi connectivity index (χ0n) is 13.8. The lowest BCUT2D eigenvalue weighted by molar-refractivity contribution is 0.0948. The van der Waals surface area contributed by atoms with Gasteiger partial charge < -0.3 is 10.1 Å². The molecule has 0 spiro atoms. The highest BCUT2D eigenvalue weighted by atomic mass is 16.5. The van der Waals surface area contributed by atoms with Crippen molar-refractivity contribution in [2.24, 2.45) is 5.92 Å². The number of hydrogen-bond acceptors (Lipinski definition) is 3. The minimum absolute atomic E-state index is 0.00514. The first-order valence-corrected chi connectivity index (χ1v) is 8.27. The Bertz CT molecular complexity index is 451. The molecule has 1 aliphatic heterocycles. The number of carbonyl (C=O) groups excluding carboxylic acids is 1. The highest BCUT2D eigenvalue weighted by Gasteiger charge is 2.15. The van der Waals surface area contributed by atoms with Crippen LogP contribution >= 0.6 is 0 Å². The minimum atomic E-state index is -0.00514. The number of benzene rings is 1. The molecule has 1 N–H and O–H groups in total. The third-order valence-corrected chi connectivity index (χ3v) is 4.31. The molecule has 0 aromatic heterocycles. The van der Waals surface area contributed by atoms with Crippen LogP contribution < -0.4 is 5.32 Å². The van der Waals surface area contributed by atoms with E-state index < -0.39 is 0 Å². The van der Waals surface area contributed by atoms with Gasteiger partial charge in [0.2, 0.25) is 0 Å². The lowest BCUT2D eigenvalue weighted by atomic mass is 9.99. The molecule has 0 saturated carbocycles. The van der Waals surface area contributed by atoms with Gasteiger partial charge in [-0.05, 0) is 56.0 Å². The average molecular weight is 304 g/mol. The third kappa shape index (κ3) is 5.43. The number of hydrogen-bond donors (Lipinski definition) is 1. The molecular formula is C18H28N2O2. The van der Waals surface area contributed by atoms with Gasteiger partial charge in [-0.25, -0.2) is 0 Å². The molecule has 1 fully saturated rings. The molecule has 0 bridgehead atoms. The molecule has 0 radical (unpaired) electrons. The molecule has 1 aliphatic rings. The van der Waals surface area contributed by atoms with Gasteiger partial charge in [0, 0.05) is 32.4 Å². The Kier molecular flexibility index (Phi) is 6.87. The molecule has 1 aromatic carbocycles. The number of methoxy groups -OCH3 is 1. The summed E-state index contributed by atoms with van der Waals surface area (Å²) in [6.07, 6.45) is 3.43. The molecule has 0 aliphatic carbocycles. The van der Waals surface area contributed by atoms with Gasteiger partial charge in [-0.3, -0.25) is 9.69 Å². The van der Waals surface area contributed by atoms with Crippen LogP contribution in [-0.2, 0) is 11.3 Å². The summed E-state index contributed by atoms with van der Waals surface area (Å²) in [5.41, 5.74) is 2.01. The van der Waals surface area contributed by atoms with Gasteiger partial charge in [0.25, 0.3) is 5.91 Å². The standard InChI is InChI=1S/C18H28N2O2/c1-15-8-11-20(12-9-15)14-16-4-6-17(7-5-16)18(21)19-10-3-13-22-2/h4-7,15H,3,8-14H2,1-2H3,(H,19,21). The molecule has 1 aromatic rings. The number of ether oxygens (including phenoxy) is 1. The van der Waals surface area contributed by atoms with Gasteiger partial charge in [0.05, 0.1) is 0 Å². The van der Waals surface area contributed by atoms with E-state index in [2.05, 4.69) is 29.3 Å². The van der Waals surface area contributed by atoms with E-state index in [1.165, 1.54) is 31.5 Å². The maximum absolute atomic E-state index is 12.0. The van der Waals surface area contributed by atoms with Crippen molar-refractivity contribution < 1.29 is 9.53 Å². The maximum atomic E-state index is 12.0. The second-order valence-corrected chi connectivity index (χ2v) is 6.26. The monoisotopic (exact) mass is 304 g/mol. The molecule has 122 valence electrons. The van der Waals surface area contributed by atoms with E-state index in [4.69, 9.17) is 4.74 Å². The SMILES string of the molecule is COCCCNC(=O)c1ccc(CN2CCC(C)CC2)cc1. The summed E-state index contributed by atoms with van der Waals surface area (Å²) < 4.78 is 4.97. The predicted octanol–water partition coefficient (Wildman–Crippen LogP) is 2.68. The number of piperidine rings is 1. The Morgan fingerprint density at radius 1 is 1.27 bits per heavy atom. The maximum Gasteiger partial charge on any atom is 0.251 e. The molecule has 0 atom stereocenters. The van der Waals surface area contributed by atoms with Crippen LogP contribution in [-0.4, -0.2) is 44.2 Å². The van der Waals surface area contributed by atoms with Crippen LogP contribution in [0.1, 0.15) is 42.1 Å². The first kappa shape index (κ1) is 17.0. The zero-order chi connectivity index (χ0) is 15.8. The fraction of sp³-hybridized carbons (Fsp3) is 0.611. The van der Waals surface area contributed by atoms with Crippen molar-refractivity contribution in [1.82, 2.24) is 10.2 Å². The quantitative estimate of drug-likeness (QED) is 0.788. The van der Waals surface area contributed by atoms with E-state index in [-0.39, 0.29) is 5.91 Å². The fourth-order valence-corrected chi connectivity index (χ4v) is 2.76. The van der Waals surface area contributed by atoms with Crippen LogP contribution in [0.3, 0.4) is 0 Å². The van der Waals surface area contributed by atoms with Gasteiger partial charge in [-0.15, -0.1) is 0 Å². The zero-order valence-corrected chi connectivity index (χ0v) is 13.8. The van der Waals surface area contributed by atoms with Gasteiger partial charge >= 0.3 is 0 Å². The van der Waals surface area contributed by atoms with Crippen molar-refractivity contribution >= 4 is 5.91 Å². The van der Waals surface area contributed by atoms with Gasteiger partial charge in [-0.2, -0.15) is 0 Å². The van der Waals surface area contributed by atoms with Crippen molar-refractivity contribution in [2.75, 3.05) is 33.4 Å². The fourth-order valence-electron chi connectivity index (χ4n) is 2.76. The van der Waals surface area contributed by atoms with Crippen LogP contribution in [0.25, 0.3) is 0 Å². The number of rotatable bonds is 7. The number of carbonyl (C=O) groups is 1. The number of nitrogens with one attached hydrogen (secondary N) is 1. The number of nitrogens with zero attached hydrogens (tertiary/aromatic N) is 1. The predicted molar refractivity (Wildman–Crippen MR) is 88.9 cm³/mol. The molecule has 22 heavy (non-hydrogen) atoms. The second kappa shape index (κ2) is 8.91.